The fraction of sp³-hybridized carbons (Fsp3) is 0.333. The minimum absolute atomic E-state index is 0. The number of alkyl halides is 5. The first-order valence-electron chi connectivity index (χ1n) is 4.33. The second-order valence-electron chi connectivity index (χ2n) is 3.38. The number of halogens is 9. The van der Waals surface area contributed by atoms with E-state index in [2.05, 4.69) is 5.73 Å². The van der Waals surface area contributed by atoms with Crippen molar-refractivity contribution in [1.82, 2.24) is 0 Å². The summed E-state index contributed by atoms with van der Waals surface area (Å²) in [7, 11) is 0. The third kappa shape index (κ3) is 3.43. The van der Waals surface area contributed by atoms with Crippen molar-refractivity contribution in [2.24, 2.45) is 5.73 Å². The van der Waals surface area contributed by atoms with Gasteiger partial charge in [-0.3, -0.25) is 0 Å². The Bertz CT molecular complexity index is 437. The van der Waals surface area contributed by atoms with E-state index in [0.717, 1.165) is 0 Å². The quantitative estimate of drug-likeness (QED) is 0.806. The molecular formula is C9H6Cl2F7N. The summed E-state index contributed by atoms with van der Waals surface area (Å²) >= 11 is 5.20. The summed E-state index contributed by atoms with van der Waals surface area (Å²) in [6.07, 6.45) is -6.02. The fourth-order valence-electron chi connectivity index (χ4n) is 1.21. The smallest absolute Gasteiger partial charge is 0.319 e. The standard InChI is InChI=1S/C9H5ClF7N.ClH/c10-3-1-4(11)6(5(12)2-3)7(18)8(13,14)9(15,16)17;/h1-2,7H,18H2;1H/t7-;/m1./s1. The van der Waals surface area contributed by atoms with Crippen LogP contribution in [0.4, 0.5) is 30.7 Å². The van der Waals surface area contributed by atoms with E-state index in [1.807, 2.05) is 0 Å². The Hall–Kier alpha value is -0.730. The van der Waals surface area contributed by atoms with Gasteiger partial charge >= 0.3 is 12.1 Å². The number of benzene rings is 1. The van der Waals surface area contributed by atoms with Gasteiger partial charge in [0.2, 0.25) is 0 Å². The lowest BCUT2D eigenvalue weighted by molar-refractivity contribution is -0.291. The van der Waals surface area contributed by atoms with Gasteiger partial charge in [-0.15, -0.1) is 12.4 Å². The fourth-order valence-corrected chi connectivity index (χ4v) is 1.40. The third-order valence-corrected chi connectivity index (χ3v) is 2.34. The summed E-state index contributed by atoms with van der Waals surface area (Å²) < 4.78 is 88.1. The van der Waals surface area contributed by atoms with Crippen LogP contribution in [0.1, 0.15) is 11.6 Å². The number of hydrogen-bond acceptors (Lipinski definition) is 1. The molecule has 1 nitrogen and oxygen atoms in total. The highest BCUT2D eigenvalue weighted by Crippen LogP contribution is 2.44. The molecule has 110 valence electrons. The van der Waals surface area contributed by atoms with Crippen LogP contribution in [0.25, 0.3) is 0 Å². The first kappa shape index (κ1) is 18.3. The normalized spacial score (nSPS) is 13.9. The predicted octanol–water partition coefficient (Wildman–Crippen LogP) is 4.24. The molecule has 1 aromatic carbocycles. The lowest BCUT2D eigenvalue weighted by Crippen LogP contribution is -2.46. The van der Waals surface area contributed by atoms with Gasteiger partial charge in [-0.2, -0.15) is 22.0 Å². The molecule has 0 aliphatic rings. The molecule has 2 N–H and O–H groups in total. The van der Waals surface area contributed by atoms with Crippen molar-refractivity contribution < 1.29 is 30.7 Å². The SMILES string of the molecule is Cl.N[C@H](c1c(F)cc(Cl)cc1F)C(F)(F)C(F)(F)F. The molecule has 0 fully saturated rings. The van der Waals surface area contributed by atoms with Crippen LogP contribution < -0.4 is 5.73 Å². The van der Waals surface area contributed by atoms with Crippen molar-refractivity contribution in [3.8, 4) is 0 Å². The molecule has 0 unspecified atom stereocenters. The summed E-state index contributed by atoms with van der Waals surface area (Å²) in [6, 6.07) is -2.41. The van der Waals surface area contributed by atoms with E-state index in [9.17, 15) is 30.7 Å². The zero-order valence-electron chi connectivity index (χ0n) is 8.74. The first-order valence-corrected chi connectivity index (χ1v) is 4.71. The van der Waals surface area contributed by atoms with Crippen LogP contribution in [0.5, 0.6) is 0 Å². The molecule has 1 aromatic rings. The van der Waals surface area contributed by atoms with Crippen molar-refractivity contribution in [2.75, 3.05) is 0 Å². The average Bonchev–Trinajstić information content (AvgIpc) is 2.13. The summed E-state index contributed by atoms with van der Waals surface area (Å²) in [4.78, 5) is 0. The summed E-state index contributed by atoms with van der Waals surface area (Å²) in [5.41, 5.74) is 3.05. The molecule has 0 aliphatic heterocycles. The number of hydrogen-bond donors (Lipinski definition) is 1. The van der Waals surface area contributed by atoms with Gasteiger partial charge in [-0.25, -0.2) is 8.78 Å². The van der Waals surface area contributed by atoms with Crippen LogP contribution >= 0.6 is 24.0 Å². The van der Waals surface area contributed by atoms with Crippen LogP contribution in [0, 0.1) is 11.6 Å². The molecule has 0 spiro atoms. The summed E-state index contributed by atoms with van der Waals surface area (Å²) in [5, 5.41) is -0.490. The van der Waals surface area contributed by atoms with Gasteiger partial charge in [0, 0.05) is 10.6 Å². The van der Waals surface area contributed by atoms with E-state index in [4.69, 9.17) is 11.6 Å². The highest BCUT2D eigenvalue weighted by Gasteiger charge is 2.62. The van der Waals surface area contributed by atoms with Gasteiger partial charge in [0.25, 0.3) is 0 Å². The van der Waals surface area contributed by atoms with Gasteiger partial charge in [0.05, 0.1) is 0 Å². The molecule has 0 radical (unpaired) electrons. The largest absolute Gasteiger partial charge is 0.455 e. The highest BCUT2D eigenvalue weighted by molar-refractivity contribution is 6.30. The van der Waals surface area contributed by atoms with E-state index in [0.29, 0.717) is 12.1 Å². The molecule has 0 heterocycles. The minimum Gasteiger partial charge on any atom is -0.319 e. The van der Waals surface area contributed by atoms with Crippen LogP contribution in [0.3, 0.4) is 0 Å². The van der Waals surface area contributed by atoms with Crippen LogP contribution in [-0.4, -0.2) is 12.1 Å². The molecule has 0 saturated carbocycles. The van der Waals surface area contributed by atoms with Gasteiger partial charge in [-0.1, -0.05) is 11.6 Å². The Kier molecular flexibility index (Phi) is 5.50. The summed E-state index contributed by atoms with van der Waals surface area (Å²) in [6.45, 7) is 0. The lowest BCUT2D eigenvalue weighted by atomic mass is 10.00. The molecule has 0 aliphatic carbocycles. The molecule has 19 heavy (non-hydrogen) atoms. The van der Waals surface area contributed by atoms with Crippen LogP contribution in [-0.2, 0) is 0 Å². The van der Waals surface area contributed by atoms with Crippen molar-refractivity contribution >= 4 is 24.0 Å². The average molecular weight is 332 g/mol. The van der Waals surface area contributed by atoms with Gasteiger partial charge in [0.15, 0.2) is 0 Å². The summed E-state index contributed by atoms with van der Waals surface area (Å²) in [5.74, 6) is -8.81. The zero-order valence-corrected chi connectivity index (χ0v) is 10.3. The van der Waals surface area contributed by atoms with E-state index >= 15 is 0 Å². The molecular weight excluding hydrogens is 326 g/mol. The zero-order chi connectivity index (χ0) is 14.3. The van der Waals surface area contributed by atoms with Gasteiger partial charge in [0.1, 0.15) is 17.7 Å². The molecule has 0 aromatic heterocycles. The maximum atomic E-state index is 13.2. The van der Waals surface area contributed by atoms with E-state index in [1.54, 1.807) is 0 Å². The lowest BCUT2D eigenvalue weighted by Gasteiger charge is -2.26. The van der Waals surface area contributed by atoms with Crippen molar-refractivity contribution in [3.63, 3.8) is 0 Å². The van der Waals surface area contributed by atoms with E-state index < -0.39 is 40.4 Å². The Labute approximate surface area is 113 Å². The molecule has 1 atom stereocenters. The Balaban J connectivity index is 0.00000324. The van der Waals surface area contributed by atoms with Crippen molar-refractivity contribution in [1.29, 1.82) is 0 Å². The number of nitrogens with two attached hydrogens (primary N) is 1. The minimum atomic E-state index is -6.02. The maximum Gasteiger partial charge on any atom is 0.455 e. The van der Waals surface area contributed by atoms with E-state index in [1.165, 1.54) is 0 Å². The topological polar surface area (TPSA) is 26.0 Å². The van der Waals surface area contributed by atoms with Crippen LogP contribution in [0.2, 0.25) is 5.02 Å². The highest BCUT2D eigenvalue weighted by atomic mass is 35.5. The molecule has 0 bridgehead atoms. The predicted molar refractivity (Wildman–Crippen MR) is 56.5 cm³/mol. The third-order valence-electron chi connectivity index (χ3n) is 2.12. The van der Waals surface area contributed by atoms with Gasteiger partial charge in [-0.05, 0) is 12.1 Å². The Morgan fingerprint density at radius 1 is 1.00 bits per heavy atom. The number of rotatable bonds is 2. The molecule has 0 amide bonds. The van der Waals surface area contributed by atoms with Crippen LogP contribution in [0.15, 0.2) is 12.1 Å². The molecule has 10 heteroatoms. The van der Waals surface area contributed by atoms with E-state index in [-0.39, 0.29) is 12.4 Å². The maximum absolute atomic E-state index is 13.2. The Morgan fingerprint density at radius 2 is 1.37 bits per heavy atom. The Morgan fingerprint density at radius 3 is 1.68 bits per heavy atom. The molecule has 0 saturated heterocycles. The second kappa shape index (κ2) is 5.72. The molecule has 1 rings (SSSR count). The second-order valence-corrected chi connectivity index (χ2v) is 3.82. The first-order chi connectivity index (χ1) is 7.98. The van der Waals surface area contributed by atoms with Crippen molar-refractivity contribution in [3.05, 3.63) is 34.4 Å². The van der Waals surface area contributed by atoms with Gasteiger partial charge < -0.3 is 5.73 Å². The monoisotopic (exact) mass is 331 g/mol. The van der Waals surface area contributed by atoms with Crippen molar-refractivity contribution in [2.45, 2.75) is 18.1 Å².